The highest BCUT2D eigenvalue weighted by molar-refractivity contribution is 7.24. The van der Waals surface area contributed by atoms with Gasteiger partial charge in [-0.15, -0.1) is 0 Å². The van der Waals surface area contributed by atoms with Crippen LogP contribution in [0.25, 0.3) is 20.4 Å². The van der Waals surface area contributed by atoms with Gasteiger partial charge in [0.1, 0.15) is 0 Å². The number of hydrogen-bond acceptors (Lipinski definition) is 6. The highest BCUT2D eigenvalue weighted by atomic mass is 32.1. The van der Waals surface area contributed by atoms with Crippen LogP contribution >= 0.6 is 22.7 Å². The van der Waals surface area contributed by atoms with E-state index in [4.69, 9.17) is 0 Å². The van der Waals surface area contributed by atoms with Crippen LogP contribution in [0.15, 0.2) is 12.1 Å². The summed E-state index contributed by atoms with van der Waals surface area (Å²) in [6.07, 6.45) is 0.847. The Hall–Kier alpha value is -2.06. The van der Waals surface area contributed by atoms with Gasteiger partial charge in [0.2, 0.25) is 11.8 Å². The molecule has 0 saturated heterocycles. The van der Waals surface area contributed by atoms with E-state index in [0.717, 1.165) is 20.4 Å². The highest BCUT2D eigenvalue weighted by Crippen LogP contribution is 2.34. The minimum atomic E-state index is -0.0523. The Kier molecular flexibility index (Phi) is 4.04. The molecule has 1 aromatic carbocycles. The molecule has 2 N–H and O–H groups in total. The summed E-state index contributed by atoms with van der Waals surface area (Å²) in [4.78, 5) is 31.6. The number of anilines is 2. The van der Waals surface area contributed by atoms with E-state index in [1.165, 1.54) is 22.7 Å². The predicted molar refractivity (Wildman–Crippen MR) is 90.6 cm³/mol. The van der Waals surface area contributed by atoms with Gasteiger partial charge in [0, 0.05) is 12.8 Å². The lowest BCUT2D eigenvalue weighted by Gasteiger charge is -1.95. The van der Waals surface area contributed by atoms with Crippen LogP contribution in [0.4, 0.5) is 10.3 Å². The topological polar surface area (TPSA) is 84.0 Å². The lowest BCUT2D eigenvalue weighted by Crippen LogP contribution is -2.08. The summed E-state index contributed by atoms with van der Waals surface area (Å²) in [5.41, 5.74) is 1.59. The normalized spacial score (nSPS) is 11.0. The molecule has 3 aromatic rings. The van der Waals surface area contributed by atoms with Crippen molar-refractivity contribution in [1.29, 1.82) is 0 Å². The number of carbonyl (C=O) groups is 2. The number of thiazole rings is 2. The fourth-order valence-electron chi connectivity index (χ4n) is 1.87. The van der Waals surface area contributed by atoms with Crippen molar-refractivity contribution in [3.05, 3.63) is 12.1 Å². The number of rotatable bonds is 4. The Morgan fingerprint density at radius 1 is 0.909 bits per heavy atom. The minimum Gasteiger partial charge on any atom is -0.302 e. The van der Waals surface area contributed by atoms with Gasteiger partial charge < -0.3 is 10.6 Å². The molecule has 0 fully saturated rings. The highest BCUT2D eigenvalue weighted by Gasteiger charge is 2.11. The molecule has 0 saturated carbocycles. The molecular formula is C14H14N4O2S2. The zero-order valence-electron chi connectivity index (χ0n) is 12.1. The number of benzene rings is 1. The maximum Gasteiger partial charge on any atom is 0.225 e. The van der Waals surface area contributed by atoms with Gasteiger partial charge in [-0.2, -0.15) is 0 Å². The Morgan fingerprint density at radius 3 is 1.77 bits per heavy atom. The molecule has 0 unspecified atom stereocenters. The van der Waals surface area contributed by atoms with Crippen molar-refractivity contribution in [2.75, 3.05) is 10.6 Å². The first-order valence-electron chi connectivity index (χ1n) is 6.90. The van der Waals surface area contributed by atoms with Crippen LogP contribution in [0.2, 0.25) is 0 Å². The van der Waals surface area contributed by atoms with Crippen molar-refractivity contribution in [2.45, 2.75) is 26.7 Å². The van der Waals surface area contributed by atoms with Crippen LogP contribution in [0.1, 0.15) is 26.7 Å². The number of hydrogen-bond donors (Lipinski definition) is 2. The minimum absolute atomic E-state index is 0.0523. The van der Waals surface area contributed by atoms with Gasteiger partial charge >= 0.3 is 0 Å². The molecule has 0 spiro atoms. The SMILES string of the molecule is CCC(=O)Nc1nc2cc3nc(NC(=O)CC)sc3cc2s1. The molecule has 0 radical (unpaired) electrons. The zero-order chi connectivity index (χ0) is 15.7. The molecule has 2 aromatic heterocycles. The third kappa shape index (κ3) is 2.93. The van der Waals surface area contributed by atoms with Crippen molar-refractivity contribution >= 4 is 65.2 Å². The van der Waals surface area contributed by atoms with Crippen molar-refractivity contribution < 1.29 is 9.59 Å². The maximum atomic E-state index is 11.4. The molecule has 0 aliphatic heterocycles. The van der Waals surface area contributed by atoms with Gasteiger partial charge in [0.05, 0.1) is 20.4 Å². The van der Waals surface area contributed by atoms with Crippen LogP contribution < -0.4 is 10.6 Å². The lowest BCUT2D eigenvalue weighted by molar-refractivity contribution is -0.116. The van der Waals surface area contributed by atoms with E-state index in [1.807, 2.05) is 12.1 Å². The standard InChI is InChI=1S/C14H14N4O2S2/c1-3-11(19)17-13-15-7-5-8-10(6-9(7)21-13)22-14(16-8)18-12(20)4-2/h5-6H,3-4H2,1-2H3,(H,15,17,19)(H,16,18,20). The van der Waals surface area contributed by atoms with Crippen LogP contribution in [0, 0.1) is 0 Å². The second kappa shape index (κ2) is 5.98. The van der Waals surface area contributed by atoms with Crippen LogP contribution in [-0.2, 0) is 9.59 Å². The second-order valence-corrected chi connectivity index (χ2v) is 6.69. The van der Waals surface area contributed by atoms with Gasteiger partial charge in [0.15, 0.2) is 10.3 Å². The number of carbonyl (C=O) groups excluding carboxylic acids is 2. The maximum absolute atomic E-state index is 11.4. The Labute approximate surface area is 134 Å². The smallest absolute Gasteiger partial charge is 0.225 e. The molecule has 114 valence electrons. The van der Waals surface area contributed by atoms with Crippen LogP contribution in [0.3, 0.4) is 0 Å². The van der Waals surface area contributed by atoms with E-state index in [0.29, 0.717) is 23.1 Å². The predicted octanol–water partition coefficient (Wildman–Crippen LogP) is 3.60. The van der Waals surface area contributed by atoms with Gasteiger partial charge in [-0.3, -0.25) is 9.59 Å². The Morgan fingerprint density at radius 2 is 1.36 bits per heavy atom. The number of aromatic nitrogens is 2. The number of nitrogens with zero attached hydrogens (tertiary/aromatic N) is 2. The van der Waals surface area contributed by atoms with E-state index in [2.05, 4.69) is 20.6 Å². The van der Waals surface area contributed by atoms with Crippen molar-refractivity contribution in [3.8, 4) is 0 Å². The summed E-state index contributed by atoms with van der Waals surface area (Å²) in [5.74, 6) is -0.105. The molecule has 3 rings (SSSR count). The van der Waals surface area contributed by atoms with Crippen molar-refractivity contribution in [2.24, 2.45) is 0 Å². The monoisotopic (exact) mass is 334 g/mol. The van der Waals surface area contributed by atoms with Gasteiger partial charge in [0.25, 0.3) is 0 Å². The first-order chi connectivity index (χ1) is 10.6. The van der Waals surface area contributed by atoms with Crippen molar-refractivity contribution in [3.63, 3.8) is 0 Å². The summed E-state index contributed by atoms with van der Waals surface area (Å²) < 4.78 is 1.96. The molecule has 22 heavy (non-hydrogen) atoms. The van der Waals surface area contributed by atoms with Gasteiger partial charge in [-0.1, -0.05) is 36.5 Å². The van der Waals surface area contributed by atoms with Gasteiger partial charge in [-0.05, 0) is 12.1 Å². The zero-order valence-corrected chi connectivity index (χ0v) is 13.7. The molecule has 6 nitrogen and oxygen atoms in total. The fraction of sp³-hybridized carbons (Fsp3) is 0.286. The first kappa shape index (κ1) is 14.9. The molecule has 2 amide bonds. The Balaban J connectivity index is 1.94. The van der Waals surface area contributed by atoms with Crippen LogP contribution in [-0.4, -0.2) is 21.8 Å². The quantitative estimate of drug-likeness (QED) is 0.763. The molecule has 0 aliphatic carbocycles. The van der Waals surface area contributed by atoms with Gasteiger partial charge in [-0.25, -0.2) is 9.97 Å². The average Bonchev–Trinajstić information content (AvgIpc) is 3.05. The first-order valence-corrected chi connectivity index (χ1v) is 8.53. The summed E-state index contributed by atoms with van der Waals surface area (Å²) in [7, 11) is 0. The molecule has 8 heteroatoms. The largest absolute Gasteiger partial charge is 0.302 e. The number of amides is 2. The second-order valence-electron chi connectivity index (χ2n) is 4.63. The average molecular weight is 334 g/mol. The summed E-state index contributed by atoms with van der Waals surface area (Å²) in [6.45, 7) is 3.60. The van der Waals surface area contributed by atoms with E-state index < -0.39 is 0 Å². The fourth-order valence-corrected chi connectivity index (χ4v) is 3.75. The van der Waals surface area contributed by atoms with Crippen molar-refractivity contribution in [1.82, 2.24) is 9.97 Å². The molecular weight excluding hydrogens is 320 g/mol. The summed E-state index contributed by atoms with van der Waals surface area (Å²) in [5, 5.41) is 6.73. The molecule has 0 bridgehead atoms. The van der Waals surface area contributed by atoms with E-state index >= 15 is 0 Å². The van der Waals surface area contributed by atoms with E-state index in [1.54, 1.807) is 13.8 Å². The molecule has 2 heterocycles. The summed E-state index contributed by atoms with van der Waals surface area (Å²) in [6, 6.07) is 3.87. The number of fused-ring (bicyclic) bond motifs is 2. The third-order valence-electron chi connectivity index (χ3n) is 3.03. The number of nitrogens with one attached hydrogen (secondary N) is 2. The van der Waals surface area contributed by atoms with E-state index in [9.17, 15) is 9.59 Å². The molecule has 0 atom stereocenters. The lowest BCUT2D eigenvalue weighted by atomic mass is 10.3. The summed E-state index contributed by atoms with van der Waals surface area (Å²) >= 11 is 2.86. The van der Waals surface area contributed by atoms with E-state index in [-0.39, 0.29) is 11.8 Å². The third-order valence-corrected chi connectivity index (χ3v) is 4.90. The van der Waals surface area contributed by atoms with Crippen LogP contribution in [0.5, 0.6) is 0 Å². The molecule has 0 aliphatic rings. The Bertz CT molecular complexity index is 750.